The monoisotopic (exact) mass is 1850 g/mol. The number of amides is 18. The van der Waals surface area contributed by atoms with Crippen LogP contribution in [0.1, 0.15) is 127 Å². The summed E-state index contributed by atoms with van der Waals surface area (Å²) in [7, 11) is 3.90. The summed E-state index contributed by atoms with van der Waals surface area (Å²) in [5.74, 6) is -18.6. The molecule has 43 heteroatoms. The third kappa shape index (κ3) is 27.7. The number of carbonyl (C=O) groups is 18. The SMILES string of the molecule is CCCC[C@H]1C(=O)N(C)[C@@H](CCCC)C(=O)N[C@@H](C)C(=O)N[C@H](C(=O)NCC(N)=O)CSCC(=O)N[C@@H](Cc2ccc(O)cc2)C(=O)N(C)[C@@H](C)C(=O)N[C@H](CC(N)=O)C(=O)N2CCC[C@H]2C(=O)N[C@@H](Cc2cnc[nH]2)C(=O)N[C@@H](CCC(N)=O)C(=O)N2C[C@H](O)C[C@H]2C(=O)N[C@@H](Cc2c[nH]c3ccccc23)C(=O)N[C@@H](CO)C(=O)N[C@@H](Cc2cccc3ccccc23)C(=O)N1C. The maximum absolute atomic E-state index is 15.7. The van der Waals surface area contributed by atoms with Crippen molar-refractivity contribution in [1.29, 1.82) is 0 Å². The van der Waals surface area contributed by atoms with Crippen molar-refractivity contribution >= 4 is 140 Å². The second-order valence-electron chi connectivity index (χ2n) is 33.3. The van der Waals surface area contributed by atoms with Gasteiger partial charge in [-0.25, -0.2) is 4.98 Å². The summed E-state index contributed by atoms with van der Waals surface area (Å²) in [6, 6.07) is 2.62. The first-order valence-corrected chi connectivity index (χ1v) is 45.0. The van der Waals surface area contributed by atoms with Gasteiger partial charge in [0.2, 0.25) is 106 Å². The predicted molar refractivity (Wildman–Crippen MR) is 481 cm³/mol. The van der Waals surface area contributed by atoms with Crippen molar-refractivity contribution in [2.24, 2.45) is 17.2 Å². The Bertz CT molecular complexity index is 5170. The predicted octanol–water partition coefficient (Wildman–Crippen LogP) is -3.28. The van der Waals surface area contributed by atoms with E-state index < -0.39 is 254 Å². The maximum Gasteiger partial charge on any atom is 0.246 e. The quantitative estimate of drug-likeness (QED) is 0.0299. The van der Waals surface area contributed by atoms with Crippen molar-refractivity contribution < 1.29 is 102 Å². The van der Waals surface area contributed by atoms with E-state index in [0.29, 0.717) is 58.7 Å². The number of likely N-dealkylation sites (N-methyl/N-ethyl adjacent to an activating group) is 3. The molecule has 0 radical (unpaired) electrons. The molecule has 3 aliphatic heterocycles. The number of aliphatic hydroxyl groups excluding tert-OH is 2. The number of hydrogen-bond acceptors (Lipinski definition) is 23. The number of aromatic amines is 2. The van der Waals surface area contributed by atoms with Gasteiger partial charge in [-0.3, -0.25) is 86.3 Å². The van der Waals surface area contributed by atoms with Crippen LogP contribution in [-0.4, -0.2) is 311 Å². The molecule has 2 aromatic heterocycles. The van der Waals surface area contributed by atoms with Gasteiger partial charge in [0.05, 0.1) is 37.8 Å². The van der Waals surface area contributed by atoms with Gasteiger partial charge in [-0.1, -0.05) is 112 Å². The van der Waals surface area contributed by atoms with Gasteiger partial charge in [-0.2, -0.15) is 0 Å². The molecule has 0 saturated carbocycles. The fourth-order valence-electron chi connectivity index (χ4n) is 16.1. The highest BCUT2D eigenvalue weighted by molar-refractivity contribution is 8.00. The topological polar surface area (TPSA) is 627 Å². The third-order valence-electron chi connectivity index (χ3n) is 23.6. The number of aliphatic hydroxyl groups is 2. The molecular weight excluding hydrogens is 1730 g/mol. The summed E-state index contributed by atoms with van der Waals surface area (Å²) in [6.07, 6.45) is 0.848. The van der Waals surface area contributed by atoms with Gasteiger partial charge in [0, 0.05) is 108 Å². The van der Waals surface area contributed by atoms with E-state index >= 15 is 33.6 Å². The number of H-pyrrole nitrogens is 2. The lowest BCUT2D eigenvalue weighted by Crippen LogP contribution is -2.61. The minimum atomic E-state index is -1.91. The van der Waals surface area contributed by atoms with E-state index in [1.807, 2.05) is 26.0 Å². The summed E-state index contributed by atoms with van der Waals surface area (Å²) in [5, 5.41) is 60.7. The molecule has 712 valence electrons. The molecule has 9 rings (SSSR count). The number of unbranched alkanes of at least 4 members (excludes halogenated alkanes) is 2. The number of imidazole rings is 1. The lowest BCUT2D eigenvalue weighted by atomic mass is 9.97. The van der Waals surface area contributed by atoms with Crippen LogP contribution in [0.3, 0.4) is 0 Å². The molecule has 5 heterocycles. The van der Waals surface area contributed by atoms with Crippen LogP contribution in [0.2, 0.25) is 0 Å². The van der Waals surface area contributed by atoms with Crippen LogP contribution in [0.15, 0.2) is 110 Å². The van der Waals surface area contributed by atoms with Gasteiger partial charge < -0.3 is 120 Å². The number of thioether (sulfide) groups is 1. The highest BCUT2D eigenvalue weighted by Crippen LogP contribution is 2.28. The first kappa shape index (κ1) is 102. The van der Waals surface area contributed by atoms with Crippen molar-refractivity contribution in [3.8, 4) is 5.75 Å². The molecule has 0 bridgehead atoms. The number of phenolic OH excluding ortho intramolecular Hbond substituents is 1. The normalized spacial score (nSPS) is 25.0. The Balaban J connectivity index is 1.09. The van der Waals surface area contributed by atoms with Crippen LogP contribution in [0, 0.1) is 0 Å². The molecule has 4 aromatic carbocycles. The molecular formula is C89H119N21O21S. The maximum atomic E-state index is 15.7. The number of aromatic hydroxyl groups is 1. The molecule has 3 aliphatic rings. The largest absolute Gasteiger partial charge is 0.508 e. The van der Waals surface area contributed by atoms with Gasteiger partial charge >= 0.3 is 0 Å². The lowest BCUT2D eigenvalue weighted by molar-refractivity contribution is -0.149. The van der Waals surface area contributed by atoms with Crippen molar-refractivity contribution in [2.75, 3.05) is 58.9 Å². The van der Waals surface area contributed by atoms with Crippen molar-refractivity contribution in [3.63, 3.8) is 0 Å². The number of phenols is 1. The van der Waals surface area contributed by atoms with E-state index in [1.54, 1.807) is 60.8 Å². The number of primary amides is 3. The molecule has 3 saturated heterocycles. The van der Waals surface area contributed by atoms with Gasteiger partial charge in [0.1, 0.15) is 90.3 Å². The van der Waals surface area contributed by atoms with E-state index in [9.17, 15) is 68.1 Å². The van der Waals surface area contributed by atoms with Gasteiger partial charge in [-0.15, -0.1) is 11.8 Å². The van der Waals surface area contributed by atoms with Crippen LogP contribution in [0.4, 0.5) is 0 Å². The number of para-hydroxylation sites is 1. The minimum Gasteiger partial charge on any atom is -0.508 e. The zero-order valence-corrected chi connectivity index (χ0v) is 75.4. The fraction of sp³-hybridized carbons (Fsp3) is 0.494. The van der Waals surface area contributed by atoms with Crippen LogP contribution in [-0.2, 0) is 112 Å². The summed E-state index contributed by atoms with van der Waals surface area (Å²) >= 11 is 0.772. The lowest BCUT2D eigenvalue weighted by Gasteiger charge is -2.36. The van der Waals surface area contributed by atoms with Gasteiger partial charge in [0.25, 0.3) is 0 Å². The van der Waals surface area contributed by atoms with E-state index in [4.69, 9.17) is 17.2 Å². The molecule has 3 fully saturated rings. The third-order valence-corrected chi connectivity index (χ3v) is 24.7. The number of benzene rings is 4. The second-order valence-corrected chi connectivity index (χ2v) is 34.3. The number of fused-ring (bicyclic) bond motifs is 4. The first-order chi connectivity index (χ1) is 62.9. The molecule has 15 atom stereocenters. The summed E-state index contributed by atoms with van der Waals surface area (Å²) in [5.41, 5.74) is 19.0. The van der Waals surface area contributed by atoms with Crippen LogP contribution >= 0.6 is 11.8 Å². The van der Waals surface area contributed by atoms with Crippen LogP contribution < -0.4 is 70.4 Å². The van der Waals surface area contributed by atoms with E-state index in [0.717, 1.165) is 41.6 Å². The smallest absolute Gasteiger partial charge is 0.246 e. The molecule has 0 spiro atoms. The van der Waals surface area contributed by atoms with Crippen molar-refractivity contribution in [3.05, 3.63) is 132 Å². The Morgan fingerprint density at radius 3 is 1.77 bits per heavy atom. The Hall–Kier alpha value is -13.6. The molecule has 6 aromatic rings. The Kier molecular flexibility index (Phi) is 37.4. The Morgan fingerprint density at radius 2 is 1.11 bits per heavy atom. The highest BCUT2D eigenvalue weighted by Gasteiger charge is 2.47. The van der Waals surface area contributed by atoms with Gasteiger partial charge in [-0.05, 0) is 91.6 Å². The minimum absolute atomic E-state index is 0.00387. The molecule has 21 N–H and O–H groups in total. The fourth-order valence-corrected chi connectivity index (χ4v) is 17.0. The number of nitrogens with zero attached hydrogens (tertiary/aromatic N) is 6. The van der Waals surface area contributed by atoms with E-state index in [1.165, 1.54) is 71.8 Å². The first-order valence-electron chi connectivity index (χ1n) is 43.8. The average molecular weight is 1850 g/mol. The number of carbonyl (C=O) groups excluding carboxylic acids is 18. The highest BCUT2D eigenvalue weighted by atomic mass is 32.2. The van der Waals surface area contributed by atoms with Gasteiger partial charge in [0.15, 0.2) is 0 Å². The van der Waals surface area contributed by atoms with Crippen molar-refractivity contribution in [2.45, 2.75) is 221 Å². The molecule has 18 amide bonds. The Morgan fingerprint density at radius 1 is 0.530 bits per heavy atom. The van der Waals surface area contributed by atoms with Crippen LogP contribution in [0.25, 0.3) is 21.7 Å². The zero-order valence-electron chi connectivity index (χ0n) is 74.6. The summed E-state index contributed by atoms with van der Waals surface area (Å²) < 4.78 is 0. The number of rotatable bonds is 23. The molecule has 0 unspecified atom stereocenters. The number of hydrogen-bond donors (Lipinski definition) is 18. The van der Waals surface area contributed by atoms with E-state index in [-0.39, 0.29) is 69.4 Å². The standard InChI is InChI=1S/C89H119N21O21S/c1-8-10-24-68-82(124)97-48(3)76(118)105-67(78(120)95-42-74(92)116)45-132-46-75(117)98-63(34-50-27-29-55(112)30-28-50)85(127)106(5)49(4)77(119)102-65(39-73(91)115)88(130)109-33-17-26-69(109)83(125)101-62(37-54-41-93-47-96-54)80(122)99-60(31-32-72(90)114)87(129)110-43-56(113)38-71(110)84(126)100-61(36-53-40-94-59-23-15-14-22-58(53)59)79(121)104-66(44-111)81(123)103-64(35-52-20-16-19-51-18-12-13-21-57(51)52)86(128)108(7)70(25-11-9-2)89(131)107(68)6/h12-16,18-23,27-30,40-41,47-49,56,60-71,94,111-113H,8-11,17,24-26,31-39,42-46H2,1-7H3,(H2,90,114)(H2,91,115)(H2,92,116)(H,93,96)(H,95,120)(H,97,124)(H,98,117)(H,99,122)(H,100,126)(H,101,125)(H,102,119)(H,103,123)(H,104,121)(H,105,118)/t48-,49-,56+,60-,61-,62-,63-,64-,65+,66-,67-,68-,69-,70-,71-/m0/s1. The summed E-state index contributed by atoms with van der Waals surface area (Å²) in [6.45, 7) is 3.68. The summed E-state index contributed by atoms with van der Waals surface area (Å²) in [4.78, 5) is 276. The van der Waals surface area contributed by atoms with Crippen LogP contribution in [0.5, 0.6) is 5.75 Å². The van der Waals surface area contributed by atoms with E-state index in [2.05, 4.69) is 68.1 Å². The molecule has 132 heavy (non-hydrogen) atoms. The second kappa shape index (κ2) is 48.4. The van der Waals surface area contributed by atoms with Crippen molar-refractivity contribution in [1.82, 2.24) is 92.6 Å². The number of aromatic nitrogens is 3. The zero-order chi connectivity index (χ0) is 96.3. The number of nitrogens with two attached hydrogens (primary N) is 3. The average Bonchev–Trinajstić information content (AvgIpc) is 1.47. The number of nitrogens with one attached hydrogen (secondary N) is 12. The molecule has 42 nitrogen and oxygen atoms in total. The molecule has 0 aliphatic carbocycles. The Labute approximate surface area is 765 Å².